The number of H-pyrrole nitrogens is 1. The van der Waals surface area contributed by atoms with Crippen molar-refractivity contribution in [1.29, 1.82) is 0 Å². The number of nitrogens with zero attached hydrogens (tertiary/aromatic N) is 3. The number of ether oxygens (including phenoxy) is 2. The van der Waals surface area contributed by atoms with Crippen LogP contribution in [0, 0.1) is 0 Å². The van der Waals surface area contributed by atoms with Gasteiger partial charge in [0.25, 0.3) is 0 Å². The minimum absolute atomic E-state index is 0.0188. The molecule has 22 heavy (non-hydrogen) atoms. The van der Waals surface area contributed by atoms with Crippen LogP contribution in [-0.4, -0.2) is 33.8 Å². The number of rotatable bonds is 9. The SMILES string of the molecule is CCCOc1ccc(CNC(C)c2nn[nH]n2)cc1OCC. The predicted molar refractivity (Wildman–Crippen MR) is 82.8 cm³/mol. The maximum Gasteiger partial charge on any atom is 0.191 e. The van der Waals surface area contributed by atoms with Gasteiger partial charge < -0.3 is 14.8 Å². The highest BCUT2D eigenvalue weighted by atomic mass is 16.5. The van der Waals surface area contributed by atoms with E-state index in [4.69, 9.17) is 9.47 Å². The van der Waals surface area contributed by atoms with Crippen molar-refractivity contribution in [2.24, 2.45) is 0 Å². The molecule has 2 aromatic rings. The third-order valence-corrected chi connectivity index (χ3v) is 3.13. The first-order valence-electron chi connectivity index (χ1n) is 7.59. The van der Waals surface area contributed by atoms with Crippen LogP contribution in [0.15, 0.2) is 18.2 Å². The zero-order valence-electron chi connectivity index (χ0n) is 13.3. The molecule has 0 aliphatic carbocycles. The van der Waals surface area contributed by atoms with Gasteiger partial charge in [-0.2, -0.15) is 5.21 Å². The van der Waals surface area contributed by atoms with E-state index in [0.717, 1.165) is 23.5 Å². The van der Waals surface area contributed by atoms with Gasteiger partial charge in [0.15, 0.2) is 17.3 Å². The minimum atomic E-state index is 0.0188. The van der Waals surface area contributed by atoms with E-state index in [1.165, 1.54) is 0 Å². The lowest BCUT2D eigenvalue weighted by atomic mass is 10.2. The Morgan fingerprint density at radius 3 is 2.77 bits per heavy atom. The van der Waals surface area contributed by atoms with E-state index in [9.17, 15) is 0 Å². The van der Waals surface area contributed by atoms with E-state index in [1.807, 2.05) is 32.0 Å². The third kappa shape index (κ3) is 4.42. The van der Waals surface area contributed by atoms with Crippen molar-refractivity contribution in [3.63, 3.8) is 0 Å². The Labute approximate surface area is 130 Å². The molecule has 1 aromatic heterocycles. The smallest absolute Gasteiger partial charge is 0.191 e. The number of nitrogens with one attached hydrogen (secondary N) is 2. The first kappa shape index (κ1) is 16.2. The molecule has 0 amide bonds. The summed E-state index contributed by atoms with van der Waals surface area (Å²) in [5, 5.41) is 17.3. The molecule has 7 heteroatoms. The van der Waals surface area contributed by atoms with Gasteiger partial charge in [-0.3, -0.25) is 0 Å². The van der Waals surface area contributed by atoms with Crippen LogP contribution in [0.5, 0.6) is 11.5 Å². The van der Waals surface area contributed by atoms with Crippen LogP contribution in [-0.2, 0) is 6.54 Å². The lowest BCUT2D eigenvalue weighted by molar-refractivity contribution is 0.276. The summed E-state index contributed by atoms with van der Waals surface area (Å²) in [6.45, 7) is 8.02. The summed E-state index contributed by atoms with van der Waals surface area (Å²) in [7, 11) is 0. The second kappa shape index (κ2) is 8.33. The molecule has 120 valence electrons. The molecule has 0 saturated carbocycles. The largest absolute Gasteiger partial charge is 0.490 e. The van der Waals surface area contributed by atoms with Crippen molar-refractivity contribution in [1.82, 2.24) is 25.9 Å². The molecule has 0 fully saturated rings. The zero-order valence-corrected chi connectivity index (χ0v) is 13.3. The van der Waals surface area contributed by atoms with Crippen LogP contribution in [0.4, 0.5) is 0 Å². The fourth-order valence-electron chi connectivity index (χ4n) is 1.98. The number of benzene rings is 1. The summed E-state index contributed by atoms with van der Waals surface area (Å²) in [5.74, 6) is 2.22. The molecule has 0 aliphatic rings. The number of hydrogen-bond acceptors (Lipinski definition) is 6. The number of aromatic nitrogens is 4. The number of aromatic amines is 1. The number of tetrazole rings is 1. The molecule has 1 heterocycles. The molecular weight excluding hydrogens is 282 g/mol. The topological polar surface area (TPSA) is 85.0 Å². The molecule has 0 aliphatic heterocycles. The third-order valence-electron chi connectivity index (χ3n) is 3.13. The van der Waals surface area contributed by atoms with Crippen LogP contribution in [0.1, 0.15) is 44.6 Å². The van der Waals surface area contributed by atoms with Gasteiger partial charge in [0.1, 0.15) is 0 Å². The Hall–Kier alpha value is -2.15. The van der Waals surface area contributed by atoms with Gasteiger partial charge in [0, 0.05) is 6.54 Å². The highest BCUT2D eigenvalue weighted by Crippen LogP contribution is 2.28. The maximum atomic E-state index is 5.70. The van der Waals surface area contributed by atoms with E-state index < -0.39 is 0 Å². The Balaban J connectivity index is 2.00. The summed E-state index contributed by atoms with van der Waals surface area (Å²) < 4.78 is 11.4. The number of hydrogen-bond donors (Lipinski definition) is 2. The Kier molecular flexibility index (Phi) is 6.14. The van der Waals surface area contributed by atoms with Crippen molar-refractivity contribution < 1.29 is 9.47 Å². The Bertz CT molecular complexity index is 559. The van der Waals surface area contributed by atoms with Gasteiger partial charge in [0.2, 0.25) is 0 Å². The lowest BCUT2D eigenvalue weighted by Crippen LogP contribution is -2.19. The summed E-state index contributed by atoms with van der Waals surface area (Å²) in [6, 6.07) is 6.01. The summed E-state index contributed by atoms with van der Waals surface area (Å²) >= 11 is 0. The molecule has 2 rings (SSSR count). The van der Waals surface area contributed by atoms with Crippen molar-refractivity contribution in [3.05, 3.63) is 29.6 Å². The van der Waals surface area contributed by atoms with E-state index in [2.05, 4.69) is 32.9 Å². The van der Waals surface area contributed by atoms with Crippen molar-refractivity contribution in [2.75, 3.05) is 13.2 Å². The van der Waals surface area contributed by atoms with Crippen molar-refractivity contribution in [3.8, 4) is 11.5 Å². The predicted octanol–water partition coefficient (Wildman–Crippen LogP) is 2.24. The molecule has 7 nitrogen and oxygen atoms in total. The fourth-order valence-corrected chi connectivity index (χ4v) is 1.98. The summed E-state index contributed by atoms with van der Waals surface area (Å²) in [4.78, 5) is 0. The molecule has 1 aromatic carbocycles. The van der Waals surface area contributed by atoms with E-state index >= 15 is 0 Å². The van der Waals surface area contributed by atoms with Gasteiger partial charge in [-0.1, -0.05) is 18.2 Å². The van der Waals surface area contributed by atoms with Crippen LogP contribution in [0.2, 0.25) is 0 Å². The minimum Gasteiger partial charge on any atom is -0.490 e. The average Bonchev–Trinajstić information content (AvgIpc) is 3.06. The summed E-state index contributed by atoms with van der Waals surface area (Å²) in [5.41, 5.74) is 1.11. The molecule has 0 bridgehead atoms. The van der Waals surface area contributed by atoms with Crippen LogP contribution < -0.4 is 14.8 Å². The van der Waals surface area contributed by atoms with Gasteiger partial charge in [-0.05, 0) is 38.0 Å². The normalized spacial score (nSPS) is 12.1. The molecule has 1 unspecified atom stereocenters. The van der Waals surface area contributed by atoms with Crippen molar-refractivity contribution in [2.45, 2.75) is 39.8 Å². The zero-order chi connectivity index (χ0) is 15.8. The average molecular weight is 305 g/mol. The molecule has 0 saturated heterocycles. The van der Waals surface area contributed by atoms with Crippen molar-refractivity contribution >= 4 is 0 Å². The van der Waals surface area contributed by atoms with E-state index in [0.29, 0.717) is 25.6 Å². The second-order valence-electron chi connectivity index (χ2n) is 4.94. The maximum absolute atomic E-state index is 5.70. The first-order valence-corrected chi connectivity index (χ1v) is 7.59. The fraction of sp³-hybridized carbons (Fsp3) is 0.533. The van der Waals surface area contributed by atoms with Crippen LogP contribution in [0.25, 0.3) is 0 Å². The summed E-state index contributed by atoms with van der Waals surface area (Å²) in [6.07, 6.45) is 0.969. The molecular formula is C15H23N5O2. The highest BCUT2D eigenvalue weighted by Gasteiger charge is 2.11. The Morgan fingerprint density at radius 1 is 1.23 bits per heavy atom. The van der Waals surface area contributed by atoms with Crippen LogP contribution >= 0.6 is 0 Å². The van der Waals surface area contributed by atoms with Gasteiger partial charge in [-0.25, -0.2) is 0 Å². The van der Waals surface area contributed by atoms with Gasteiger partial charge in [-0.15, -0.1) is 10.2 Å². The molecule has 2 N–H and O–H groups in total. The molecule has 1 atom stereocenters. The van der Waals surface area contributed by atoms with Crippen LogP contribution in [0.3, 0.4) is 0 Å². The van der Waals surface area contributed by atoms with E-state index in [1.54, 1.807) is 0 Å². The standard InChI is InChI=1S/C15H23N5O2/c1-4-8-22-13-7-6-12(9-14(13)21-5-2)10-16-11(3)15-17-19-20-18-15/h6-7,9,11,16H,4-5,8,10H2,1-3H3,(H,17,18,19,20). The lowest BCUT2D eigenvalue weighted by Gasteiger charge is -2.14. The molecule has 0 spiro atoms. The molecule has 0 radical (unpaired) electrons. The van der Waals surface area contributed by atoms with E-state index in [-0.39, 0.29) is 6.04 Å². The Morgan fingerprint density at radius 2 is 2.09 bits per heavy atom. The van der Waals surface area contributed by atoms with Gasteiger partial charge >= 0.3 is 0 Å². The van der Waals surface area contributed by atoms with Gasteiger partial charge in [0.05, 0.1) is 19.3 Å². The first-order chi connectivity index (χ1) is 10.7. The highest BCUT2D eigenvalue weighted by molar-refractivity contribution is 5.43. The quantitative estimate of drug-likeness (QED) is 0.739. The monoisotopic (exact) mass is 305 g/mol. The second-order valence-corrected chi connectivity index (χ2v) is 4.94.